The molecule has 2 aliphatic heterocycles. The summed E-state index contributed by atoms with van der Waals surface area (Å²) >= 11 is 6.10. The topological polar surface area (TPSA) is 45.7 Å². The van der Waals surface area contributed by atoms with Crippen LogP contribution in [0.4, 0.5) is 5.69 Å². The normalized spacial score (nSPS) is 17.1. The molecule has 0 radical (unpaired) electrons. The SMILES string of the molecule is O=C(Cc1cncc(N2CCc3cc(Cl)ccc3C2)c1)N1CCOCC1. The third-order valence-electron chi connectivity index (χ3n) is 5.05. The molecular weight excluding hydrogens is 350 g/mol. The van der Waals surface area contributed by atoms with Gasteiger partial charge in [0.2, 0.25) is 5.91 Å². The van der Waals surface area contributed by atoms with Gasteiger partial charge in [-0.25, -0.2) is 0 Å². The number of fused-ring (bicyclic) bond motifs is 1. The summed E-state index contributed by atoms with van der Waals surface area (Å²) < 4.78 is 5.31. The maximum absolute atomic E-state index is 12.5. The number of ether oxygens (including phenoxy) is 1. The van der Waals surface area contributed by atoms with E-state index in [1.165, 1.54) is 11.1 Å². The zero-order valence-electron chi connectivity index (χ0n) is 14.7. The lowest BCUT2D eigenvalue weighted by Crippen LogP contribution is -2.41. The Kier molecular flexibility index (Phi) is 5.09. The van der Waals surface area contributed by atoms with E-state index < -0.39 is 0 Å². The van der Waals surface area contributed by atoms with Crippen LogP contribution >= 0.6 is 11.6 Å². The number of pyridine rings is 1. The fraction of sp³-hybridized carbons (Fsp3) is 0.400. The van der Waals surface area contributed by atoms with Crippen molar-refractivity contribution in [3.63, 3.8) is 0 Å². The van der Waals surface area contributed by atoms with Gasteiger partial charge in [0, 0.05) is 37.4 Å². The molecule has 0 aliphatic carbocycles. The number of hydrogen-bond acceptors (Lipinski definition) is 4. The highest BCUT2D eigenvalue weighted by Gasteiger charge is 2.20. The van der Waals surface area contributed by atoms with Gasteiger partial charge in [-0.05, 0) is 41.3 Å². The Balaban J connectivity index is 1.46. The molecule has 2 aromatic rings. The van der Waals surface area contributed by atoms with Gasteiger partial charge in [0.25, 0.3) is 0 Å². The first-order valence-electron chi connectivity index (χ1n) is 9.01. The molecule has 5 nitrogen and oxygen atoms in total. The van der Waals surface area contributed by atoms with E-state index in [1.54, 1.807) is 6.20 Å². The lowest BCUT2D eigenvalue weighted by molar-refractivity contribution is -0.134. The van der Waals surface area contributed by atoms with E-state index in [0.29, 0.717) is 32.7 Å². The minimum absolute atomic E-state index is 0.144. The maximum Gasteiger partial charge on any atom is 0.227 e. The molecule has 1 fully saturated rings. The molecule has 3 heterocycles. The van der Waals surface area contributed by atoms with Crippen LogP contribution in [0.3, 0.4) is 0 Å². The van der Waals surface area contributed by atoms with Crippen LogP contribution in [0.15, 0.2) is 36.7 Å². The highest BCUT2D eigenvalue weighted by atomic mass is 35.5. The number of carbonyl (C=O) groups excluding carboxylic acids is 1. The van der Waals surface area contributed by atoms with Crippen molar-refractivity contribution in [3.05, 3.63) is 58.4 Å². The fourth-order valence-corrected chi connectivity index (χ4v) is 3.78. The van der Waals surface area contributed by atoms with Crippen molar-refractivity contribution >= 4 is 23.2 Å². The molecule has 1 saturated heterocycles. The molecule has 6 heteroatoms. The number of benzene rings is 1. The van der Waals surface area contributed by atoms with Gasteiger partial charge in [-0.1, -0.05) is 17.7 Å². The van der Waals surface area contributed by atoms with Crippen molar-refractivity contribution in [1.29, 1.82) is 0 Å². The number of aromatic nitrogens is 1. The summed E-state index contributed by atoms with van der Waals surface area (Å²) in [6.45, 7) is 4.38. The molecule has 26 heavy (non-hydrogen) atoms. The number of rotatable bonds is 3. The van der Waals surface area contributed by atoms with E-state index in [-0.39, 0.29) is 5.91 Å². The molecule has 2 aliphatic rings. The average molecular weight is 372 g/mol. The Labute approximate surface area is 158 Å². The quantitative estimate of drug-likeness (QED) is 0.832. The smallest absolute Gasteiger partial charge is 0.227 e. The summed E-state index contributed by atoms with van der Waals surface area (Å²) in [6.07, 6.45) is 5.02. The number of morpholine rings is 1. The predicted molar refractivity (Wildman–Crippen MR) is 102 cm³/mol. The van der Waals surface area contributed by atoms with Gasteiger partial charge in [0.05, 0.1) is 31.5 Å². The molecule has 1 aromatic carbocycles. The molecule has 4 rings (SSSR count). The zero-order valence-corrected chi connectivity index (χ0v) is 15.4. The van der Waals surface area contributed by atoms with Crippen LogP contribution in [0.5, 0.6) is 0 Å². The summed E-state index contributed by atoms with van der Waals surface area (Å²) in [5.41, 5.74) is 4.65. The van der Waals surface area contributed by atoms with Crippen LogP contribution in [-0.4, -0.2) is 48.6 Å². The van der Waals surface area contributed by atoms with Crippen LogP contribution < -0.4 is 4.90 Å². The molecule has 0 bridgehead atoms. The first-order valence-corrected chi connectivity index (χ1v) is 9.38. The molecule has 0 spiro atoms. The summed E-state index contributed by atoms with van der Waals surface area (Å²) in [4.78, 5) is 21.0. The van der Waals surface area contributed by atoms with E-state index in [4.69, 9.17) is 16.3 Å². The Morgan fingerprint density at radius 1 is 1.12 bits per heavy atom. The van der Waals surface area contributed by atoms with Crippen LogP contribution in [0.1, 0.15) is 16.7 Å². The standard InChI is InChI=1S/C20H22ClN3O2/c21-18-2-1-17-14-24(4-3-16(17)11-18)19-9-15(12-22-13-19)10-20(25)23-5-7-26-8-6-23/h1-2,9,11-13H,3-8,10,14H2. The highest BCUT2D eigenvalue weighted by molar-refractivity contribution is 6.30. The second kappa shape index (κ2) is 7.64. The zero-order chi connectivity index (χ0) is 17.9. The van der Waals surface area contributed by atoms with Crippen molar-refractivity contribution in [2.75, 3.05) is 37.7 Å². The number of hydrogen-bond donors (Lipinski definition) is 0. The van der Waals surface area contributed by atoms with Crippen LogP contribution in [0, 0.1) is 0 Å². The monoisotopic (exact) mass is 371 g/mol. The second-order valence-corrected chi connectivity index (χ2v) is 7.24. The van der Waals surface area contributed by atoms with Gasteiger partial charge >= 0.3 is 0 Å². The fourth-order valence-electron chi connectivity index (χ4n) is 3.58. The van der Waals surface area contributed by atoms with Gasteiger partial charge in [-0.2, -0.15) is 0 Å². The second-order valence-electron chi connectivity index (χ2n) is 6.81. The number of carbonyl (C=O) groups is 1. The van der Waals surface area contributed by atoms with Gasteiger partial charge in [-0.15, -0.1) is 0 Å². The molecule has 136 valence electrons. The van der Waals surface area contributed by atoms with Gasteiger partial charge in [-0.3, -0.25) is 9.78 Å². The molecule has 0 unspecified atom stereocenters. The number of anilines is 1. The first-order chi connectivity index (χ1) is 12.7. The van der Waals surface area contributed by atoms with Crippen LogP contribution in [-0.2, 0) is 28.9 Å². The van der Waals surface area contributed by atoms with E-state index >= 15 is 0 Å². The van der Waals surface area contributed by atoms with Crippen molar-refractivity contribution < 1.29 is 9.53 Å². The van der Waals surface area contributed by atoms with Crippen molar-refractivity contribution in [2.45, 2.75) is 19.4 Å². The molecule has 1 amide bonds. The van der Waals surface area contributed by atoms with Gasteiger partial charge in [0.1, 0.15) is 0 Å². The Hall–Kier alpha value is -2.11. The number of nitrogens with zero attached hydrogens (tertiary/aromatic N) is 3. The van der Waals surface area contributed by atoms with Gasteiger partial charge < -0.3 is 14.5 Å². The van der Waals surface area contributed by atoms with Crippen molar-refractivity contribution in [1.82, 2.24) is 9.88 Å². The third-order valence-corrected chi connectivity index (χ3v) is 5.28. The minimum Gasteiger partial charge on any atom is -0.378 e. The third kappa shape index (κ3) is 3.84. The molecular formula is C20H22ClN3O2. The Morgan fingerprint density at radius 3 is 2.81 bits per heavy atom. The Morgan fingerprint density at radius 2 is 1.96 bits per heavy atom. The minimum atomic E-state index is 0.144. The van der Waals surface area contributed by atoms with Crippen molar-refractivity contribution in [2.24, 2.45) is 0 Å². The van der Waals surface area contributed by atoms with E-state index in [1.807, 2.05) is 17.2 Å². The van der Waals surface area contributed by atoms with Gasteiger partial charge in [0.15, 0.2) is 0 Å². The summed E-state index contributed by atoms with van der Waals surface area (Å²) in [6, 6.07) is 8.19. The summed E-state index contributed by atoms with van der Waals surface area (Å²) in [7, 11) is 0. The van der Waals surface area contributed by atoms with E-state index in [2.05, 4.69) is 28.1 Å². The van der Waals surface area contributed by atoms with Crippen LogP contribution in [0.25, 0.3) is 0 Å². The lowest BCUT2D eigenvalue weighted by Gasteiger charge is -2.31. The van der Waals surface area contributed by atoms with E-state index in [0.717, 1.165) is 35.8 Å². The highest BCUT2D eigenvalue weighted by Crippen LogP contribution is 2.26. The molecule has 0 atom stereocenters. The van der Waals surface area contributed by atoms with E-state index in [9.17, 15) is 4.79 Å². The molecule has 0 N–H and O–H groups in total. The summed E-state index contributed by atoms with van der Waals surface area (Å²) in [5.74, 6) is 0.144. The first kappa shape index (κ1) is 17.3. The molecule has 0 saturated carbocycles. The van der Waals surface area contributed by atoms with Crippen LogP contribution in [0.2, 0.25) is 5.02 Å². The van der Waals surface area contributed by atoms with Crippen molar-refractivity contribution in [3.8, 4) is 0 Å². The Bertz CT molecular complexity index is 805. The number of amides is 1. The maximum atomic E-state index is 12.5. The summed E-state index contributed by atoms with van der Waals surface area (Å²) in [5, 5.41) is 0.794. The average Bonchev–Trinajstić information content (AvgIpc) is 2.68. The molecule has 1 aromatic heterocycles. The predicted octanol–water partition coefficient (Wildman–Crippen LogP) is 2.70. The largest absolute Gasteiger partial charge is 0.378 e. The number of halogens is 1. The lowest BCUT2D eigenvalue weighted by atomic mass is 9.99.